The fourth-order valence-electron chi connectivity index (χ4n) is 5.66. The van der Waals surface area contributed by atoms with E-state index in [1.807, 2.05) is 38.7 Å². The summed E-state index contributed by atoms with van der Waals surface area (Å²) in [7, 11) is 0. The van der Waals surface area contributed by atoms with Crippen molar-refractivity contribution in [3.63, 3.8) is 0 Å². The molecule has 0 aliphatic carbocycles. The van der Waals surface area contributed by atoms with E-state index < -0.39 is 11.9 Å². The molecule has 1 N–H and O–H groups in total. The molecule has 3 amide bonds. The summed E-state index contributed by atoms with van der Waals surface area (Å²) in [4.78, 5) is 45.1. The highest BCUT2D eigenvalue weighted by atomic mass is 35.5. The van der Waals surface area contributed by atoms with Gasteiger partial charge < -0.3 is 15.1 Å². The van der Waals surface area contributed by atoms with Crippen LogP contribution in [0.1, 0.15) is 73.3 Å². The number of nitrogens with one attached hydrogen (secondary N) is 1. The van der Waals surface area contributed by atoms with Crippen molar-refractivity contribution in [3.05, 3.63) is 34.6 Å². The summed E-state index contributed by atoms with van der Waals surface area (Å²) >= 11 is 5.94. The van der Waals surface area contributed by atoms with Crippen LogP contribution in [-0.4, -0.2) is 82.8 Å². The predicted molar refractivity (Wildman–Crippen MR) is 156 cm³/mol. The van der Waals surface area contributed by atoms with E-state index in [1.165, 1.54) is 13.0 Å². The van der Waals surface area contributed by atoms with Gasteiger partial charge in [-0.1, -0.05) is 38.4 Å². The lowest BCUT2D eigenvalue weighted by Gasteiger charge is -2.43. The van der Waals surface area contributed by atoms with E-state index in [4.69, 9.17) is 11.6 Å². The zero-order valence-corrected chi connectivity index (χ0v) is 26.1. The molecule has 4 atom stereocenters. The molecule has 0 saturated carbocycles. The molecule has 1 unspecified atom stereocenters. The second-order valence-electron chi connectivity index (χ2n) is 13.1. The van der Waals surface area contributed by atoms with Crippen LogP contribution in [0.3, 0.4) is 0 Å². The van der Waals surface area contributed by atoms with Gasteiger partial charge in [0.15, 0.2) is 0 Å². The molecule has 1 aromatic rings. The summed E-state index contributed by atoms with van der Waals surface area (Å²) in [6, 6.07) is 4.06. The van der Waals surface area contributed by atoms with E-state index >= 15 is 0 Å². The van der Waals surface area contributed by atoms with Gasteiger partial charge >= 0.3 is 0 Å². The van der Waals surface area contributed by atoms with Gasteiger partial charge in [0.25, 0.3) is 0 Å². The van der Waals surface area contributed by atoms with Crippen molar-refractivity contribution in [2.75, 3.05) is 32.7 Å². The van der Waals surface area contributed by atoms with E-state index in [0.29, 0.717) is 39.1 Å². The van der Waals surface area contributed by atoms with Gasteiger partial charge in [-0.25, -0.2) is 4.39 Å². The van der Waals surface area contributed by atoms with Crippen LogP contribution < -0.4 is 5.32 Å². The maximum Gasteiger partial charge on any atom is 0.245 e. The molecule has 0 bridgehead atoms. The second kappa shape index (κ2) is 12.7. The van der Waals surface area contributed by atoms with Crippen molar-refractivity contribution < 1.29 is 18.8 Å². The molecule has 2 fully saturated rings. The number of carbonyl (C=O) groups is 3. The van der Waals surface area contributed by atoms with Gasteiger partial charge in [-0.05, 0) is 57.2 Å². The molecule has 220 valence electrons. The molecule has 2 heterocycles. The molecule has 2 saturated heterocycles. The maximum atomic E-state index is 14.4. The lowest BCUT2D eigenvalue weighted by Crippen LogP contribution is -2.60. The first-order valence-electron chi connectivity index (χ1n) is 13.5. The number of carbonyl (C=O) groups excluding carboxylic acids is 3. The number of likely N-dealkylation sites (tertiary alicyclic amines) is 1. The number of halogens is 3. The average Bonchev–Trinajstić information content (AvgIpc) is 3.24. The number of hydrogen-bond donors (Lipinski definition) is 1. The zero-order valence-electron chi connectivity index (χ0n) is 24.5. The molecule has 0 spiro atoms. The minimum atomic E-state index is -0.596. The molecule has 7 nitrogen and oxygen atoms in total. The Balaban J connectivity index is 0.00000533. The molecule has 39 heavy (non-hydrogen) atoms. The first kappa shape index (κ1) is 33.3. The summed E-state index contributed by atoms with van der Waals surface area (Å²) in [5.74, 6) is -1.27. The summed E-state index contributed by atoms with van der Waals surface area (Å²) in [5.41, 5.74) is 0.503. The lowest BCUT2D eigenvalue weighted by molar-refractivity contribution is -0.147. The number of rotatable bonds is 5. The van der Waals surface area contributed by atoms with Gasteiger partial charge in [-0.3, -0.25) is 19.3 Å². The van der Waals surface area contributed by atoms with Crippen LogP contribution in [0, 0.1) is 17.2 Å². The third-order valence-electron chi connectivity index (χ3n) is 7.67. The Bertz CT molecular complexity index is 1060. The predicted octanol–water partition coefficient (Wildman–Crippen LogP) is 4.72. The van der Waals surface area contributed by atoms with E-state index in [9.17, 15) is 18.8 Å². The van der Waals surface area contributed by atoms with Gasteiger partial charge in [0.2, 0.25) is 17.7 Å². The van der Waals surface area contributed by atoms with E-state index in [1.54, 1.807) is 11.0 Å². The van der Waals surface area contributed by atoms with Crippen LogP contribution in [0.4, 0.5) is 4.39 Å². The Morgan fingerprint density at radius 3 is 2.23 bits per heavy atom. The molecule has 1 aromatic carbocycles. The average molecular weight is 588 g/mol. The van der Waals surface area contributed by atoms with Crippen LogP contribution in [-0.2, 0) is 14.4 Å². The quantitative estimate of drug-likeness (QED) is 0.542. The minimum Gasteiger partial charge on any atom is -0.345 e. The Morgan fingerprint density at radius 1 is 1.08 bits per heavy atom. The van der Waals surface area contributed by atoms with Crippen LogP contribution in [0.2, 0.25) is 5.02 Å². The lowest BCUT2D eigenvalue weighted by atomic mass is 9.87. The Hall–Kier alpha value is -1.90. The van der Waals surface area contributed by atoms with Crippen LogP contribution >= 0.6 is 24.0 Å². The van der Waals surface area contributed by atoms with Crippen molar-refractivity contribution in [2.24, 2.45) is 11.3 Å². The van der Waals surface area contributed by atoms with Crippen LogP contribution in [0.25, 0.3) is 0 Å². The highest BCUT2D eigenvalue weighted by molar-refractivity contribution is 6.30. The topological polar surface area (TPSA) is 73.0 Å². The van der Waals surface area contributed by atoms with E-state index in [2.05, 4.69) is 31.0 Å². The first-order chi connectivity index (χ1) is 17.5. The van der Waals surface area contributed by atoms with Crippen molar-refractivity contribution in [1.82, 2.24) is 20.0 Å². The number of piperazine rings is 1. The van der Waals surface area contributed by atoms with E-state index in [-0.39, 0.29) is 64.0 Å². The molecular weight excluding hydrogens is 542 g/mol. The van der Waals surface area contributed by atoms with Gasteiger partial charge in [0.05, 0.1) is 10.9 Å². The van der Waals surface area contributed by atoms with Crippen LogP contribution in [0.5, 0.6) is 0 Å². The Kier molecular flexibility index (Phi) is 10.9. The number of nitrogens with zero attached hydrogens (tertiary/aromatic N) is 3. The SMILES string of the molecule is CC(=O)N[C@@H](CC(C)(C)C)C(=O)N1CCN(C(=O)C2CN(C(C)(C)C)C[C@H]2c2ccc(Cl)c(F)c2)[C@@H](C)C1.Cl. The summed E-state index contributed by atoms with van der Waals surface area (Å²) in [5, 5.41) is 2.89. The van der Waals surface area contributed by atoms with Crippen molar-refractivity contribution in [1.29, 1.82) is 0 Å². The van der Waals surface area contributed by atoms with Gasteiger partial charge in [-0.2, -0.15) is 0 Å². The molecular formula is C29H45Cl2FN4O3. The zero-order chi connectivity index (χ0) is 28.6. The molecule has 0 radical (unpaired) electrons. The molecule has 3 rings (SSSR count). The fraction of sp³-hybridized carbons (Fsp3) is 0.690. The maximum absolute atomic E-state index is 14.4. The van der Waals surface area contributed by atoms with Crippen LogP contribution in [0.15, 0.2) is 18.2 Å². The van der Waals surface area contributed by atoms with Crippen molar-refractivity contribution in [2.45, 2.75) is 85.4 Å². The summed E-state index contributed by atoms with van der Waals surface area (Å²) in [6.07, 6.45) is 0.531. The number of hydrogen-bond acceptors (Lipinski definition) is 4. The number of benzene rings is 1. The molecule has 2 aliphatic rings. The first-order valence-corrected chi connectivity index (χ1v) is 13.9. The largest absolute Gasteiger partial charge is 0.345 e. The third-order valence-corrected chi connectivity index (χ3v) is 7.98. The fourth-order valence-corrected chi connectivity index (χ4v) is 5.78. The second-order valence-corrected chi connectivity index (χ2v) is 13.6. The Morgan fingerprint density at radius 2 is 1.72 bits per heavy atom. The number of amides is 3. The van der Waals surface area contributed by atoms with Gasteiger partial charge in [-0.15, -0.1) is 12.4 Å². The standard InChI is InChI=1S/C29H44ClFN4O3.ClH/c1-18-15-33(27(38)25(32-19(2)36)14-28(3,4)5)11-12-35(18)26(37)22-17-34(29(6,7)8)16-21(22)20-9-10-23(30)24(31)13-20;/h9-10,13,18,21-22,25H,11-12,14-17H2,1-8H3,(H,32,36);1H/t18-,21-,22?,25-;/m0./s1. The van der Waals surface area contributed by atoms with Gasteiger partial charge in [0, 0.05) is 57.1 Å². The normalized spacial score (nSPS) is 23.3. The van der Waals surface area contributed by atoms with Crippen molar-refractivity contribution >= 4 is 41.7 Å². The smallest absolute Gasteiger partial charge is 0.245 e. The van der Waals surface area contributed by atoms with E-state index in [0.717, 1.165) is 5.56 Å². The monoisotopic (exact) mass is 586 g/mol. The molecule has 0 aromatic heterocycles. The minimum absolute atomic E-state index is 0. The summed E-state index contributed by atoms with van der Waals surface area (Å²) < 4.78 is 14.4. The highest BCUT2D eigenvalue weighted by Gasteiger charge is 2.45. The Labute approximate surface area is 244 Å². The summed E-state index contributed by atoms with van der Waals surface area (Å²) in [6.45, 7) is 18.3. The van der Waals surface area contributed by atoms with Gasteiger partial charge in [0.1, 0.15) is 11.9 Å². The molecule has 2 aliphatic heterocycles. The highest BCUT2D eigenvalue weighted by Crippen LogP contribution is 2.38. The van der Waals surface area contributed by atoms with Crippen molar-refractivity contribution in [3.8, 4) is 0 Å². The molecule has 10 heteroatoms. The third kappa shape index (κ3) is 8.30.